The first-order valence-electron chi connectivity index (χ1n) is 3.22. The van der Waals surface area contributed by atoms with E-state index in [4.69, 9.17) is 10.7 Å². The summed E-state index contributed by atoms with van der Waals surface area (Å²) in [6.45, 7) is 1.54. The van der Waals surface area contributed by atoms with Crippen LogP contribution in [0, 0.1) is 12.7 Å². The minimum atomic E-state index is -3.86. The van der Waals surface area contributed by atoms with Crippen LogP contribution in [0.25, 0.3) is 0 Å². The van der Waals surface area contributed by atoms with Gasteiger partial charge in [0.25, 0.3) is 9.05 Å². The zero-order valence-corrected chi connectivity index (χ0v) is 9.67. The van der Waals surface area contributed by atoms with Crippen molar-refractivity contribution in [2.24, 2.45) is 0 Å². The van der Waals surface area contributed by atoms with Crippen molar-refractivity contribution in [3.05, 3.63) is 28.0 Å². The van der Waals surface area contributed by atoms with E-state index >= 15 is 0 Å². The molecule has 0 aromatic heterocycles. The second-order valence-corrected chi connectivity index (χ2v) is 5.86. The van der Waals surface area contributed by atoms with Crippen molar-refractivity contribution >= 4 is 35.7 Å². The molecule has 0 saturated heterocycles. The normalized spacial score (nSPS) is 11.7. The van der Waals surface area contributed by atoms with Gasteiger partial charge in [0.15, 0.2) is 0 Å². The number of benzene rings is 1. The average molecular weight is 288 g/mol. The molecule has 13 heavy (non-hydrogen) atoms. The molecule has 0 bridgehead atoms. The minimum Gasteiger partial charge on any atom is -0.207 e. The molecule has 0 atom stereocenters. The van der Waals surface area contributed by atoms with Gasteiger partial charge in [-0.05, 0) is 40.5 Å². The van der Waals surface area contributed by atoms with Crippen molar-refractivity contribution < 1.29 is 12.8 Å². The monoisotopic (exact) mass is 286 g/mol. The Hall–Kier alpha value is -0.130. The van der Waals surface area contributed by atoms with Gasteiger partial charge >= 0.3 is 0 Å². The summed E-state index contributed by atoms with van der Waals surface area (Å²) in [6.07, 6.45) is 0. The molecule has 0 spiro atoms. The van der Waals surface area contributed by atoms with E-state index in [0.29, 0.717) is 5.56 Å². The van der Waals surface area contributed by atoms with Gasteiger partial charge in [0.2, 0.25) is 0 Å². The maximum atomic E-state index is 12.9. The number of rotatable bonds is 1. The van der Waals surface area contributed by atoms with E-state index in [1.54, 1.807) is 6.92 Å². The molecular formula is C7H5BrClFO2S. The van der Waals surface area contributed by atoms with Crippen LogP contribution in [0.2, 0.25) is 0 Å². The van der Waals surface area contributed by atoms with Crippen LogP contribution < -0.4 is 0 Å². The Kier molecular flexibility index (Phi) is 2.99. The Morgan fingerprint density at radius 1 is 1.46 bits per heavy atom. The largest absolute Gasteiger partial charge is 0.261 e. The number of hydrogen-bond acceptors (Lipinski definition) is 2. The fraction of sp³-hybridized carbons (Fsp3) is 0.143. The first-order valence-corrected chi connectivity index (χ1v) is 6.33. The Balaban J connectivity index is 3.50. The molecule has 0 aliphatic rings. The van der Waals surface area contributed by atoms with Gasteiger partial charge < -0.3 is 0 Å². The van der Waals surface area contributed by atoms with E-state index in [2.05, 4.69) is 15.9 Å². The van der Waals surface area contributed by atoms with Crippen LogP contribution in [-0.2, 0) is 9.05 Å². The average Bonchev–Trinajstić information content (AvgIpc) is 1.94. The molecule has 0 amide bonds. The Labute approximate surface area is 88.3 Å². The lowest BCUT2D eigenvalue weighted by Crippen LogP contribution is -1.96. The highest BCUT2D eigenvalue weighted by atomic mass is 79.9. The predicted octanol–water partition coefficient (Wildman–Crippen LogP) is 2.82. The highest BCUT2D eigenvalue weighted by molar-refractivity contribution is 9.10. The molecular weight excluding hydrogens is 282 g/mol. The van der Waals surface area contributed by atoms with Crippen LogP contribution in [0.15, 0.2) is 21.5 Å². The fourth-order valence-corrected chi connectivity index (χ4v) is 2.54. The van der Waals surface area contributed by atoms with E-state index in [-0.39, 0.29) is 9.37 Å². The quantitative estimate of drug-likeness (QED) is 0.744. The molecule has 72 valence electrons. The second kappa shape index (κ2) is 3.55. The van der Waals surface area contributed by atoms with E-state index in [1.165, 1.54) is 6.07 Å². The number of aryl methyl sites for hydroxylation is 1. The zero-order valence-electron chi connectivity index (χ0n) is 6.51. The maximum Gasteiger partial charge on any atom is 0.261 e. The summed E-state index contributed by atoms with van der Waals surface area (Å²) < 4.78 is 34.9. The van der Waals surface area contributed by atoms with Gasteiger partial charge in [0, 0.05) is 10.7 Å². The minimum absolute atomic E-state index is 0.199. The second-order valence-electron chi connectivity index (χ2n) is 2.47. The molecule has 0 N–H and O–H groups in total. The Bertz CT molecular complexity index is 444. The molecule has 0 unspecified atom stereocenters. The van der Waals surface area contributed by atoms with Crippen LogP contribution in [0.4, 0.5) is 4.39 Å². The van der Waals surface area contributed by atoms with E-state index in [0.717, 1.165) is 6.07 Å². The molecule has 0 heterocycles. The van der Waals surface area contributed by atoms with E-state index in [1.807, 2.05) is 0 Å². The molecule has 6 heteroatoms. The van der Waals surface area contributed by atoms with Crippen LogP contribution in [-0.4, -0.2) is 8.42 Å². The lowest BCUT2D eigenvalue weighted by molar-refractivity contribution is 0.599. The molecule has 1 aromatic rings. The Morgan fingerprint density at radius 3 is 2.46 bits per heavy atom. The summed E-state index contributed by atoms with van der Waals surface area (Å²) in [5.41, 5.74) is 0.406. The van der Waals surface area contributed by atoms with Gasteiger partial charge in [0.1, 0.15) is 5.82 Å². The molecule has 1 rings (SSSR count). The third kappa shape index (κ3) is 2.42. The Morgan fingerprint density at radius 2 is 2.00 bits per heavy atom. The van der Waals surface area contributed by atoms with Gasteiger partial charge in [-0.15, -0.1) is 0 Å². The summed E-state index contributed by atoms with van der Waals surface area (Å²) in [5.74, 6) is -0.648. The number of hydrogen-bond donors (Lipinski definition) is 0. The lowest BCUT2D eigenvalue weighted by Gasteiger charge is -2.02. The first-order chi connectivity index (χ1) is 5.82. The van der Waals surface area contributed by atoms with Crippen LogP contribution >= 0.6 is 26.6 Å². The molecule has 0 saturated carbocycles. The van der Waals surface area contributed by atoms with Gasteiger partial charge in [-0.2, -0.15) is 0 Å². The van der Waals surface area contributed by atoms with Crippen molar-refractivity contribution in [2.75, 3.05) is 0 Å². The van der Waals surface area contributed by atoms with Crippen molar-refractivity contribution in [1.82, 2.24) is 0 Å². The molecule has 0 aliphatic carbocycles. The third-order valence-electron chi connectivity index (χ3n) is 1.48. The standard InChI is InChI=1S/C7H5BrClFO2S/c1-4-2-5(8)6(10)3-7(4)13(9,11)12/h2-3H,1H3. The van der Waals surface area contributed by atoms with Crippen LogP contribution in [0.1, 0.15) is 5.56 Å². The number of halogens is 3. The van der Waals surface area contributed by atoms with Gasteiger partial charge in [-0.3, -0.25) is 0 Å². The van der Waals surface area contributed by atoms with Gasteiger partial charge in [-0.1, -0.05) is 0 Å². The summed E-state index contributed by atoms with van der Waals surface area (Å²) in [7, 11) is 1.22. The SMILES string of the molecule is Cc1cc(Br)c(F)cc1S(=O)(=O)Cl. The van der Waals surface area contributed by atoms with Crippen molar-refractivity contribution in [1.29, 1.82) is 0 Å². The molecule has 0 aliphatic heterocycles. The fourth-order valence-electron chi connectivity index (χ4n) is 0.891. The summed E-state index contributed by atoms with van der Waals surface area (Å²) in [6, 6.07) is 2.26. The van der Waals surface area contributed by atoms with Crippen molar-refractivity contribution in [2.45, 2.75) is 11.8 Å². The van der Waals surface area contributed by atoms with Gasteiger partial charge in [0.05, 0.1) is 9.37 Å². The third-order valence-corrected chi connectivity index (χ3v) is 3.55. The predicted molar refractivity (Wildman–Crippen MR) is 51.9 cm³/mol. The summed E-state index contributed by atoms with van der Waals surface area (Å²) >= 11 is 2.93. The van der Waals surface area contributed by atoms with Crippen molar-refractivity contribution in [3.8, 4) is 0 Å². The highest BCUT2D eigenvalue weighted by Gasteiger charge is 2.15. The van der Waals surface area contributed by atoms with Gasteiger partial charge in [-0.25, -0.2) is 12.8 Å². The summed E-state index contributed by atoms with van der Waals surface area (Å²) in [5, 5.41) is 0. The van der Waals surface area contributed by atoms with E-state index < -0.39 is 14.9 Å². The molecule has 0 fully saturated rings. The van der Waals surface area contributed by atoms with Crippen molar-refractivity contribution in [3.63, 3.8) is 0 Å². The molecule has 1 aromatic carbocycles. The zero-order chi connectivity index (χ0) is 10.2. The van der Waals surface area contributed by atoms with Crippen LogP contribution in [0.5, 0.6) is 0 Å². The summed E-state index contributed by atoms with van der Waals surface area (Å²) in [4.78, 5) is -0.199. The first kappa shape index (κ1) is 10.9. The molecule has 2 nitrogen and oxygen atoms in total. The molecule has 0 radical (unpaired) electrons. The maximum absolute atomic E-state index is 12.9. The topological polar surface area (TPSA) is 34.1 Å². The lowest BCUT2D eigenvalue weighted by atomic mass is 10.2. The van der Waals surface area contributed by atoms with Crippen LogP contribution in [0.3, 0.4) is 0 Å². The highest BCUT2D eigenvalue weighted by Crippen LogP contribution is 2.25. The van der Waals surface area contributed by atoms with E-state index in [9.17, 15) is 12.8 Å². The smallest absolute Gasteiger partial charge is 0.207 e.